The van der Waals surface area contributed by atoms with Gasteiger partial charge in [0, 0.05) is 28.2 Å². The third kappa shape index (κ3) is 5.58. The molecule has 0 unspecified atom stereocenters. The van der Waals surface area contributed by atoms with Crippen molar-refractivity contribution in [2.45, 2.75) is 6.54 Å². The van der Waals surface area contributed by atoms with Crippen LogP contribution in [0.15, 0.2) is 65.5 Å². The average Bonchev–Trinajstić information content (AvgIpc) is 2.68. The molecule has 3 aromatic rings. The van der Waals surface area contributed by atoms with E-state index in [0.29, 0.717) is 21.5 Å². The number of carbonyl (C=O) groups excluding carboxylic acids is 1. The van der Waals surface area contributed by atoms with Gasteiger partial charge in [-0.05, 0) is 36.4 Å². The molecule has 1 aromatic heterocycles. The second-order valence-electron chi connectivity index (χ2n) is 5.88. The smallest absolute Gasteiger partial charge is 0.266 e. The van der Waals surface area contributed by atoms with E-state index in [4.69, 9.17) is 27.9 Å². The Bertz CT molecular complexity index is 1020. The van der Waals surface area contributed by atoms with Crippen LogP contribution in [-0.2, 0) is 11.3 Å². The summed E-state index contributed by atoms with van der Waals surface area (Å²) < 4.78 is 6.68. The number of hydrogen-bond acceptors (Lipinski definition) is 4. The minimum Gasteiger partial charge on any atom is -0.484 e. The van der Waals surface area contributed by atoms with Crippen molar-refractivity contribution in [2.75, 3.05) is 13.2 Å². The fourth-order valence-electron chi connectivity index (χ4n) is 2.44. The van der Waals surface area contributed by atoms with Gasteiger partial charge >= 0.3 is 0 Å². The van der Waals surface area contributed by atoms with Gasteiger partial charge in [0.2, 0.25) is 0 Å². The molecule has 2 aromatic carbocycles. The summed E-state index contributed by atoms with van der Waals surface area (Å²) in [5.74, 6) is 0.207. The second kappa shape index (κ2) is 9.39. The largest absolute Gasteiger partial charge is 0.484 e. The van der Waals surface area contributed by atoms with Crippen LogP contribution in [0.3, 0.4) is 0 Å². The van der Waals surface area contributed by atoms with Gasteiger partial charge in [0.15, 0.2) is 6.61 Å². The molecule has 0 aliphatic carbocycles. The lowest BCUT2D eigenvalue weighted by atomic mass is 10.1. The van der Waals surface area contributed by atoms with E-state index in [1.54, 1.807) is 42.5 Å². The van der Waals surface area contributed by atoms with Crippen molar-refractivity contribution in [3.05, 3.63) is 81.1 Å². The third-order valence-corrected chi connectivity index (χ3v) is 4.31. The highest BCUT2D eigenvalue weighted by Crippen LogP contribution is 2.18. The van der Waals surface area contributed by atoms with Crippen LogP contribution >= 0.6 is 23.2 Å². The van der Waals surface area contributed by atoms with Gasteiger partial charge in [0.25, 0.3) is 11.5 Å². The molecule has 3 rings (SSSR count). The molecule has 1 N–H and O–H groups in total. The number of amides is 1. The minimum absolute atomic E-state index is 0.145. The first-order chi connectivity index (χ1) is 13.5. The van der Waals surface area contributed by atoms with Gasteiger partial charge in [-0.15, -0.1) is 0 Å². The quantitative estimate of drug-likeness (QED) is 0.638. The molecule has 0 aliphatic rings. The van der Waals surface area contributed by atoms with Crippen molar-refractivity contribution in [2.24, 2.45) is 0 Å². The second-order valence-corrected chi connectivity index (χ2v) is 6.76. The summed E-state index contributed by atoms with van der Waals surface area (Å²) in [5.41, 5.74) is 1.24. The maximum atomic E-state index is 12.0. The Morgan fingerprint density at radius 3 is 2.57 bits per heavy atom. The summed E-state index contributed by atoms with van der Waals surface area (Å²) in [5, 5.41) is 8.19. The molecule has 1 amide bonds. The van der Waals surface area contributed by atoms with E-state index in [1.807, 2.05) is 12.1 Å². The molecule has 144 valence electrons. The Balaban J connectivity index is 1.54. The lowest BCUT2D eigenvalue weighted by Crippen LogP contribution is -2.34. The fraction of sp³-hybridized carbons (Fsp3) is 0.150. The molecule has 8 heteroatoms. The molecule has 0 fully saturated rings. The molecule has 6 nitrogen and oxygen atoms in total. The predicted octanol–water partition coefficient (Wildman–Crippen LogP) is 3.41. The topological polar surface area (TPSA) is 73.2 Å². The van der Waals surface area contributed by atoms with Crippen molar-refractivity contribution < 1.29 is 9.53 Å². The molecule has 0 aliphatic heterocycles. The van der Waals surface area contributed by atoms with Gasteiger partial charge in [-0.3, -0.25) is 9.59 Å². The molecular weight excluding hydrogens is 401 g/mol. The highest BCUT2D eigenvalue weighted by atomic mass is 35.5. The molecule has 0 radical (unpaired) electrons. The standard InChI is InChI=1S/C20H17Cl2N3O3/c21-15-6-4-14(5-7-15)18-8-9-20(27)25(24-18)11-10-23-19(26)13-28-17-3-1-2-16(22)12-17/h1-9,12H,10-11,13H2,(H,23,26). The molecule has 0 saturated carbocycles. The van der Waals surface area contributed by atoms with Crippen molar-refractivity contribution in [1.29, 1.82) is 0 Å². The summed E-state index contributed by atoms with van der Waals surface area (Å²) in [7, 11) is 0. The van der Waals surface area contributed by atoms with Crippen LogP contribution in [0.4, 0.5) is 0 Å². The summed E-state index contributed by atoms with van der Waals surface area (Å²) in [6, 6.07) is 17.1. The minimum atomic E-state index is -0.304. The lowest BCUT2D eigenvalue weighted by molar-refractivity contribution is -0.123. The monoisotopic (exact) mass is 417 g/mol. The van der Waals surface area contributed by atoms with E-state index in [-0.39, 0.29) is 31.2 Å². The number of ether oxygens (including phenoxy) is 1. The molecule has 28 heavy (non-hydrogen) atoms. The van der Waals surface area contributed by atoms with E-state index < -0.39 is 0 Å². The van der Waals surface area contributed by atoms with Crippen molar-refractivity contribution in [3.8, 4) is 17.0 Å². The van der Waals surface area contributed by atoms with Gasteiger partial charge in [-0.2, -0.15) is 5.10 Å². The first-order valence-corrected chi connectivity index (χ1v) is 9.26. The Labute approximate surface area is 171 Å². The SMILES string of the molecule is O=C(COc1cccc(Cl)c1)NCCn1nc(-c2ccc(Cl)cc2)ccc1=O. The highest BCUT2D eigenvalue weighted by molar-refractivity contribution is 6.30. The van der Waals surface area contributed by atoms with Crippen LogP contribution < -0.4 is 15.6 Å². The zero-order valence-electron chi connectivity index (χ0n) is 14.8. The number of aromatic nitrogens is 2. The molecule has 0 spiro atoms. The van der Waals surface area contributed by atoms with Gasteiger partial charge < -0.3 is 10.1 Å². The van der Waals surface area contributed by atoms with Crippen LogP contribution in [-0.4, -0.2) is 28.8 Å². The van der Waals surface area contributed by atoms with E-state index in [0.717, 1.165) is 5.56 Å². The van der Waals surface area contributed by atoms with Gasteiger partial charge in [0.1, 0.15) is 5.75 Å². The Kier molecular flexibility index (Phi) is 6.68. The third-order valence-electron chi connectivity index (χ3n) is 3.82. The van der Waals surface area contributed by atoms with Gasteiger partial charge in [-0.1, -0.05) is 41.4 Å². The van der Waals surface area contributed by atoms with Crippen molar-refractivity contribution in [1.82, 2.24) is 15.1 Å². The van der Waals surface area contributed by atoms with Crippen LogP contribution in [0.1, 0.15) is 0 Å². The van der Waals surface area contributed by atoms with Gasteiger partial charge in [0.05, 0.1) is 12.2 Å². The number of nitrogens with one attached hydrogen (secondary N) is 1. The first kappa shape index (κ1) is 19.9. The van der Waals surface area contributed by atoms with Crippen molar-refractivity contribution >= 4 is 29.1 Å². The first-order valence-electron chi connectivity index (χ1n) is 8.50. The summed E-state index contributed by atoms with van der Waals surface area (Å²) in [6.45, 7) is 0.339. The van der Waals surface area contributed by atoms with Gasteiger partial charge in [-0.25, -0.2) is 4.68 Å². The Morgan fingerprint density at radius 1 is 1.04 bits per heavy atom. The zero-order valence-corrected chi connectivity index (χ0v) is 16.3. The Hall–Kier alpha value is -2.83. The average molecular weight is 418 g/mol. The van der Waals surface area contributed by atoms with E-state index in [1.165, 1.54) is 10.7 Å². The fourth-order valence-corrected chi connectivity index (χ4v) is 2.75. The summed E-state index contributed by atoms with van der Waals surface area (Å²) >= 11 is 11.8. The van der Waals surface area contributed by atoms with E-state index in [9.17, 15) is 9.59 Å². The maximum absolute atomic E-state index is 12.0. The van der Waals surface area contributed by atoms with E-state index in [2.05, 4.69) is 10.4 Å². The molecular formula is C20H17Cl2N3O3. The number of rotatable bonds is 7. The number of benzene rings is 2. The van der Waals surface area contributed by atoms with E-state index >= 15 is 0 Å². The number of halogens is 2. The van der Waals surface area contributed by atoms with Crippen LogP contribution in [0.2, 0.25) is 10.0 Å². The van der Waals surface area contributed by atoms with Crippen LogP contribution in [0, 0.1) is 0 Å². The summed E-state index contributed by atoms with van der Waals surface area (Å²) in [4.78, 5) is 23.9. The molecule has 0 atom stereocenters. The molecule has 0 saturated heterocycles. The number of carbonyl (C=O) groups is 1. The molecule has 1 heterocycles. The molecule has 0 bridgehead atoms. The highest BCUT2D eigenvalue weighted by Gasteiger charge is 2.06. The number of hydrogen-bond donors (Lipinski definition) is 1. The predicted molar refractivity (Wildman–Crippen MR) is 109 cm³/mol. The van der Waals surface area contributed by atoms with Crippen molar-refractivity contribution in [3.63, 3.8) is 0 Å². The summed E-state index contributed by atoms with van der Waals surface area (Å²) in [6.07, 6.45) is 0. The number of nitrogens with zero attached hydrogens (tertiary/aromatic N) is 2. The van der Waals surface area contributed by atoms with Crippen LogP contribution in [0.25, 0.3) is 11.3 Å². The normalized spacial score (nSPS) is 10.5. The zero-order chi connectivity index (χ0) is 19.9. The maximum Gasteiger partial charge on any atom is 0.266 e. The Morgan fingerprint density at radius 2 is 1.82 bits per heavy atom. The lowest BCUT2D eigenvalue weighted by Gasteiger charge is -2.09. The van der Waals surface area contributed by atoms with Crippen LogP contribution in [0.5, 0.6) is 5.75 Å².